The first kappa shape index (κ1) is 13.8. The number of phenolic OH excluding ortho intramolecular Hbond substituents is 1. The normalized spacial score (nSPS) is 10.3. The topological polar surface area (TPSA) is 41.5 Å². The molecular formula is C14H13Cl2NO2. The van der Waals surface area contributed by atoms with E-state index in [0.717, 1.165) is 5.69 Å². The summed E-state index contributed by atoms with van der Waals surface area (Å²) < 4.78 is 5.23. The smallest absolute Gasteiger partial charge is 0.142 e. The van der Waals surface area contributed by atoms with Gasteiger partial charge in [-0.2, -0.15) is 0 Å². The average Bonchev–Trinajstić information content (AvgIpc) is 2.40. The number of halogens is 2. The minimum absolute atomic E-state index is 0.0812. The molecule has 2 rings (SSSR count). The summed E-state index contributed by atoms with van der Waals surface area (Å²) in [7, 11) is 1.59. The van der Waals surface area contributed by atoms with Gasteiger partial charge in [-0.05, 0) is 24.3 Å². The van der Waals surface area contributed by atoms with Crippen molar-refractivity contribution < 1.29 is 9.84 Å². The Morgan fingerprint density at radius 2 is 2.00 bits per heavy atom. The fourth-order valence-corrected chi connectivity index (χ4v) is 2.08. The molecule has 0 atom stereocenters. The van der Waals surface area contributed by atoms with Crippen LogP contribution in [0.5, 0.6) is 11.5 Å². The van der Waals surface area contributed by atoms with Crippen molar-refractivity contribution in [1.29, 1.82) is 0 Å². The quantitative estimate of drug-likeness (QED) is 0.883. The van der Waals surface area contributed by atoms with Gasteiger partial charge in [0.15, 0.2) is 0 Å². The summed E-state index contributed by atoms with van der Waals surface area (Å²) in [6.45, 7) is 0.420. The van der Waals surface area contributed by atoms with Gasteiger partial charge in [-0.15, -0.1) is 0 Å². The average molecular weight is 298 g/mol. The number of methoxy groups -OCH3 is 1. The van der Waals surface area contributed by atoms with Crippen LogP contribution in [0.4, 0.5) is 5.69 Å². The van der Waals surface area contributed by atoms with Crippen molar-refractivity contribution in [3.8, 4) is 11.5 Å². The van der Waals surface area contributed by atoms with Crippen molar-refractivity contribution in [2.45, 2.75) is 6.54 Å². The van der Waals surface area contributed by atoms with E-state index in [2.05, 4.69) is 5.32 Å². The molecule has 2 N–H and O–H groups in total. The van der Waals surface area contributed by atoms with E-state index in [0.29, 0.717) is 27.9 Å². The second-order valence-electron chi connectivity index (χ2n) is 3.95. The number of ether oxygens (including phenoxy) is 1. The van der Waals surface area contributed by atoms with Gasteiger partial charge in [0, 0.05) is 17.1 Å². The van der Waals surface area contributed by atoms with Crippen LogP contribution in [0.15, 0.2) is 36.4 Å². The third-order valence-electron chi connectivity index (χ3n) is 2.70. The zero-order valence-electron chi connectivity index (χ0n) is 10.3. The van der Waals surface area contributed by atoms with E-state index in [1.807, 2.05) is 0 Å². The molecule has 0 aliphatic rings. The highest BCUT2D eigenvalue weighted by molar-refractivity contribution is 6.32. The van der Waals surface area contributed by atoms with E-state index < -0.39 is 0 Å². The van der Waals surface area contributed by atoms with Crippen LogP contribution in [0.25, 0.3) is 0 Å². The summed E-state index contributed by atoms with van der Waals surface area (Å²) in [5, 5.41) is 13.9. The molecule has 2 aromatic rings. The van der Waals surface area contributed by atoms with Gasteiger partial charge in [0.2, 0.25) is 0 Å². The molecular weight excluding hydrogens is 285 g/mol. The molecule has 0 saturated carbocycles. The Bertz CT molecular complexity index is 588. The molecule has 19 heavy (non-hydrogen) atoms. The highest BCUT2D eigenvalue weighted by Gasteiger charge is 2.07. The van der Waals surface area contributed by atoms with Crippen LogP contribution in [0.1, 0.15) is 5.56 Å². The number of benzene rings is 2. The molecule has 0 amide bonds. The van der Waals surface area contributed by atoms with E-state index >= 15 is 0 Å². The number of anilines is 1. The second kappa shape index (κ2) is 6.04. The Morgan fingerprint density at radius 1 is 1.21 bits per heavy atom. The van der Waals surface area contributed by atoms with Crippen LogP contribution in [-0.4, -0.2) is 12.2 Å². The highest BCUT2D eigenvalue weighted by atomic mass is 35.5. The Balaban J connectivity index is 2.18. The van der Waals surface area contributed by atoms with Gasteiger partial charge >= 0.3 is 0 Å². The first-order chi connectivity index (χ1) is 9.11. The molecule has 0 spiro atoms. The Labute approximate surface area is 121 Å². The highest BCUT2D eigenvalue weighted by Crippen LogP contribution is 2.31. The molecule has 3 nitrogen and oxygen atoms in total. The summed E-state index contributed by atoms with van der Waals surface area (Å²) in [5.74, 6) is 0.767. The Kier molecular flexibility index (Phi) is 4.40. The van der Waals surface area contributed by atoms with Crippen LogP contribution in [0.3, 0.4) is 0 Å². The largest absolute Gasteiger partial charge is 0.506 e. The molecule has 0 bridgehead atoms. The maximum absolute atomic E-state index is 9.83. The Morgan fingerprint density at radius 3 is 2.74 bits per heavy atom. The molecule has 0 aliphatic heterocycles. The van der Waals surface area contributed by atoms with E-state index in [1.54, 1.807) is 43.5 Å². The third-order valence-corrected chi connectivity index (χ3v) is 3.24. The minimum atomic E-state index is 0.0812. The molecule has 0 radical (unpaired) electrons. The minimum Gasteiger partial charge on any atom is -0.506 e. The molecule has 0 saturated heterocycles. The van der Waals surface area contributed by atoms with E-state index in [-0.39, 0.29) is 5.75 Å². The van der Waals surface area contributed by atoms with Gasteiger partial charge in [0.1, 0.15) is 11.5 Å². The van der Waals surface area contributed by atoms with Gasteiger partial charge in [-0.1, -0.05) is 35.3 Å². The molecule has 0 fully saturated rings. The fraction of sp³-hybridized carbons (Fsp3) is 0.143. The lowest BCUT2D eigenvalue weighted by molar-refractivity contribution is 0.416. The fourth-order valence-electron chi connectivity index (χ4n) is 1.71. The number of para-hydroxylation sites is 1. The van der Waals surface area contributed by atoms with Crippen molar-refractivity contribution in [2.24, 2.45) is 0 Å². The number of hydrogen-bond donors (Lipinski definition) is 2. The predicted octanol–water partition coefficient (Wildman–Crippen LogP) is 4.32. The molecule has 0 aromatic heterocycles. The maximum Gasteiger partial charge on any atom is 0.142 e. The standard InChI is InChI=1S/C14H13Cl2NO2/c1-19-13-6-5-10(15)7-12(13)17-8-9-3-2-4-11(16)14(9)18/h2-7,17-18H,8H2,1H3. The number of nitrogens with one attached hydrogen (secondary N) is 1. The van der Waals surface area contributed by atoms with Crippen LogP contribution in [-0.2, 0) is 6.54 Å². The number of hydrogen-bond acceptors (Lipinski definition) is 3. The van der Waals surface area contributed by atoms with E-state index in [1.165, 1.54) is 0 Å². The van der Waals surface area contributed by atoms with Gasteiger partial charge in [0.05, 0.1) is 17.8 Å². The molecule has 0 unspecified atom stereocenters. The summed E-state index contributed by atoms with van der Waals surface area (Å²) in [5.41, 5.74) is 1.46. The molecule has 0 heterocycles. The number of rotatable bonds is 4. The van der Waals surface area contributed by atoms with Gasteiger partial charge in [0.25, 0.3) is 0 Å². The van der Waals surface area contributed by atoms with Crippen LogP contribution in [0, 0.1) is 0 Å². The van der Waals surface area contributed by atoms with E-state index in [9.17, 15) is 5.11 Å². The lowest BCUT2D eigenvalue weighted by Crippen LogP contribution is -2.01. The van der Waals surface area contributed by atoms with Crippen molar-refractivity contribution in [3.63, 3.8) is 0 Å². The summed E-state index contributed by atoms with van der Waals surface area (Å²) in [6, 6.07) is 10.5. The van der Waals surface area contributed by atoms with Gasteiger partial charge in [-0.25, -0.2) is 0 Å². The summed E-state index contributed by atoms with van der Waals surface area (Å²) >= 11 is 11.8. The third kappa shape index (κ3) is 3.25. The molecule has 100 valence electrons. The molecule has 5 heteroatoms. The van der Waals surface area contributed by atoms with Crippen LogP contribution >= 0.6 is 23.2 Å². The predicted molar refractivity (Wildman–Crippen MR) is 78.4 cm³/mol. The second-order valence-corrected chi connectivity index (χ2v) is 4.79. The van der Waals surface area contributed by atoms with Crippen LogP contribution < -0.4 is 10.1 Å². The zero-order valence-corrected chi connectivity index (χ0v) is 11.8. The van der Waals surface area contributed by atoms with Gasteiger partial charge in [-0.3, -0.25) is 0 Å². The Hall–Kier alpha value is -1.58. The maximum atomic E-state index is 9.83. The first-order valence-electron chi connectivity index (χ1n) is 5.65. The van der Waals surface area contributed by atoms with Crippen LogP contribution in [0.2, 0.25) is 10.0 Å². The zero-order chi connectivity index (χ0) is 13.8. The number of aromatic hydroxyl groups is 1. The van der Waals surface area contributed by atoms with Crippen molar-refractivity contribution in [3.05, 3.63) is 52.0 Å². The van der Waals surface area contributed by atoms with Crippen molar-refractivity contribution >= 4 is 28.9 Å². The monoisotopic (exact) mass is 297 g/mol. The van der Waals surface area contributed by atoms with E-state index in [4.69, 9.17) is 27.9 Å². The lowest BCUT2D eigenvalue weighted by Gasteiger charge is -2.12. The van der Waals surface area contributed by atoms with Crippen molar-refractivity contribution in [2.75, 3.05) is 12.4 Å². The van der Waals surface area contributed by atoms with Gasteiger partial charge < -0.3 is 15.2 Å². The molecule has 0 aliphatic carbocycles. The summed E-state index contributed by atoms with van der Waals surface area (Å²) in [6.07, 6.45) is 0. The lowest BCUT2D eigenvalue weighted by atomic mass is 10.2. The van der Waals surface area contributed by atoms with Crippen molar-refractivity contribution in [1.82, 2.24) is 0 Å². The summed E-state index contributed by atoms with van der Waals surface area (Å²) in [4.78, 5) is 0. The first-order valence-corrected chi connectivity index (χ1v) is 6.41. The molecule has 2 aromatic carbocycles. The number of phenols is 1. The SMILES string of the molecule is COc1ccc(Cl)cc1NCc1cccc(Cl)c1O.